The van der Waals surface area contributed by atoms with Crippen molar-refractivity contribution in [3.63, 3.8) is 0 Å². The zero-order chi connectivity index (χ0) is 33.7. The van der Waals surface area contributed by atoms with Crippen LogP contribution in [0.3, 0.4) is 0 Å². The smallest absolute Gasteiger partial charge is 0.342 e. The number of carbonyl (C=O) groups is 5. The Morgan fingerprint density at radius 2 is 1.63 bits per heavy atom. The number of fused-ring (bicyclic) bond motifs is 2. The third-order valence-corrected chi connectivity index (χ3v) is 13.4. The van der Waals surface area contributed by atoms with Crippen molar-refractivity contribution in [1.29, 1.82) is 0 Å². The van der Waals surface area contributed by atoms with Gasteiger partial charge in [-0.1, -0.05) is 33.8 Å². The third kappa shape index (κ3) is 3.26. The number of epoxide rings is 1. The van der Waals surface area contributed by atoms with Gasteiger partial charge in [0.2, 0.25) is 0 Å². The van der Waals surface area contributed by atoms with Crippen molar-refractivity contribution in [2.45, 2.75) is 103 Å². The Bertz CT molecular complexity index is 1550. The van der Waals surface area contributed by atoms with Crippen molar-refractivity contribution in [3.05, 3.63) is 23.3 Å². The first-order valence-electron chi connectivity index (χ1n) is 15.7. The number of Topliss-reactive ketones (excluding diaryl/α,β-unsaturated/α-hetero) is 1. The van der Waals surface area contributed by atoms with E-state index in [1.807, 2.05) is 13.8 Å². The van der Waals surface area contributed by atoms with Crippen LogP contribution in [0.5, 0.6) is 0 Å². The molecule has 13 heteroatoms. The molecule has 2 saturated heterocycles. The number of hydrogen-bond donors (Lipinski definition) is 3. The molecule has 6 fully saturated rings. The second-order valence-electron chi connectivity index (χ2n) is 15.1. The van der Waals surface area contributed by atoms with Gasteiger partial charge in [-0.15, -0.1) is 0 Å². The van der Waals surface area contributed by atoms with Crippen LogP contribution in [0.25, 0.3) is 0 Å². The van der Waals surface area contributed by atoms with E-state index in [0.29, 0.717) is 5.57 Å². The quantitative estimate of drug-likeness (QED) is 0.125. The third-order valence-electron chi connectivity index (χ3n) is 13.4. The summed E-state index contributed by atoms with van der Waals surface area (Å²) in [5, 5.41) is 37.0. The van der Waals surface area contributed by atoms with Crippen molar-refractivity contribution in [2.24, 2.45) is 39.4 Å². The maximum atomic E-state index is 14.1. The highest BCUT2D eigenvalue weighted by atomic mass is 16.6. The topological polar surface area (TPSA) is 195 Å². The molecule has 4 saturated carbocycles. The first-order chi connectivity index (χ1) is 21.4. The van der Waals surface area contributed by atoms with Gasteiger partial charge in [0.25, 0.3) is 0 Å². The van der Waals surface area contributed by atoms with E-state index in [9.17, 15) is 39.3 Å². The zero-order valence-electron chi connectivity index (χ0n) is 26.8. The lowest BCUT2D eigenvalue weighted by Crippen LogP contribution is -2.81. The standard InChI is InChI=1S/C33H40O13/c1-8-12(2)27(40)44-16-10-15(43-13(3)34)29(4)11-42-21-23(29)30(16,5)22-20(37)24(38)31(6)18(14-9-17(35)45-28(14)41)19(36)26-33(31,46-26)32(22,7)25(21)39/h8-9,15-16,18,20-26,37-39H,10-11H2,1-7H3/b12-8+/t15-,16-,18+,20-,21+,22-,23+,24-,25+,26+,29+,30+,31+,32-,33+/m0/s1. The van der Waals surface area contributed by atoms with E-state index in [2.05, 4.69) is 0 Å². The zero-order valence-corrected chi connectivity index (χ0v) is 26.8. The average molecular weight is 645 g/mol. The molecule has 250 valence electrons. The molecular weight excluding hydrogens is 604 g/mol. The molecule has 3 heterocycles. The molecule has 13 nitrogen and oxygen atoms in total. The van der Waals surface area contributed by atoms with Gasteiger partial charge in [0.15, 0.2) is 5.78 Å². The van der Waals surface area contributed by atoms with E-state index < -0.39 is 117 Å². The number of hydrogen-bond acceptors (Lipinski definition) is 13. The molecule has 0 bridgehead atoms. The Morgan fingerprint density at radius 3 is 2.22 bits per heavy atom. The summed E-state index contributed by atoms with van der Waals surface area (Å²) in [6, 6.07) is 0. The monoisotopic (exact) mass is 644 g/mol. The number of ether oxygens (including phenoxy) is 5. The minimum Gasteiger partial charge on any atom is -0.462 e. The molecular formula is C33H40O13. The van der Waals surface area contributed by atoms with Gasteiger partial charge >= 0.3 is 23.9 Å². The van der Waals surface area contributed by atoms with Crippen LogP contribution in [0.15, 0.2) is 23.3 Å². The van der Waals surface area contributed by atoms with Crippen LogP contribution >= 0.6 is 0 Å². The lowest BCUT2D eigenvalue weighted by molar-refractivity contribution is -0.334. The van der Waals surface area contributed by atoms with Gasteiger partial charge in [-0.05, 0) is 13.8 Å². The second kappa shape index (κ2) is 9.34. The SMILES string of the molecule is C/C=C(\C)C(=O)O[C@H]1C[C@H](OC(C)=O)[C@@]2(C)CO[C@@H]3[C@H]2[C@@]1(C)[C@@H]1[C@H](O)[C@H](O)[C@@]2(C)[C@H](C4=CC(=O)OC4=O)C(=O)[C@H]4O[C@]42[C@]1(C)[C@@H]3O. The summed E-state index contributed by atoms with van der Waals surface area (Å²) in [4.78, 5) is 64.5. The molecule has 0 radical (unpaired) electrons. The van der Waals surface area contributed by atoms with Crippen LogP contribution in [0.4, 0.5) is 0 Å². The Morgan fingerprint density at radius 1 is 0.957 bits per heavy atom. The summed E-state index contributed by atoms with van der Waals surface area (Å²) < 4.78 is 29.4. The molecule has 15 atom stereocenters. The van der Waals surface area contributed by atoms with Crippen LogP contribution in [0.2, 0.25) is 0 Å². The largest absolute Gasteiger partial charge is 0.462 e. The first kappa shape index (κ1) is 31.6. The molecule has 0 unspecified atom stereocenters. The maximum absolute atomic E-state index is 14.1. The van der Waals surface area contributed by atoms with E-state index in [-0.39, 0.29) is 18.6 Å². The molecule has 3 aliphatic heterocycles. The van der Waals surface area contributed by atoms with Gasteiger partial charge in [-0.25, -0.2) is 14.4 Å². The van der Waals surface area contributed by atoms with Gasteiger partial charge < -0.3 is 39.0 Å². The van der Waals surface area contributed by atoms with E-state index >= 15 is 0 Å². The highest BCUT2D eigenvalue weighted by molar-refractivity contribution is 6.14. The number of aliphatic hydroxyl groups is 3. The highest BCUT2D eigenvalue weighted by Crippen LogP contribution is 2.82. The predicted octanol–water partition coefficient (Wildman–Crippen LogP) is 0.312. The minimum atomic E-state index is -1.70. The van der Waals surface area contributed by atoms with Crippen LogP contribution in [-0.2, 0) is 47.7 Å². The summed E-state index contributed by atoms with van der Waals surface area (Å²) in [5.41, 5.74) is -6.88. The Kier molecular flexibility index (Phi) is 6.42. The molecule has 0 aromatic rings. The Hall–Kier alpha value is -2.97. The average Bonchev–Trinajstić information content (AvgIpc) is 3.46. The summed E-state index contributed by atoms with van der Waals surface area (Å²) in [5.74, 6) is -6.79. The molecule has 1 spiro atoms. The number of rotatable bonds is 4. The number of cyclic esters (lactones) is 2. The molecule has 3 N–H and O–H groups in total. The number of aliphatic hydroxyl groups excluding tert-OH is 3. The van der Waals surface area contributed by atoms with Gasteiger partial charge in [-0.2, -0.15) is 0 Å². The van der Waals surface area contributed by atoms with Gasteiger partial charge in [0, 0.05) is 58.5 Å². The van der Waals surface area contributed by atoms with Crippen molar-refractivity contribution in [2.75, 3.05) is 6.61 Å². The van der Waals surface area contributed by atoms with Crippen LogP contribution in [0.1, 0.15) is 54.9 Å². The Labute approximate surface area is 265 Å². The summed E-state index contributed by atoms with van der Waals surface area (Å²) in [7, 11) is 0. The lowest BCUT2D eigenvalue weighted by Gasteiger charge is -2.71. The fourth-order valence-electron chi connectivity index (χ4n) is 11.5. The fraction of sp³-hybridized carbons (Fsp3) is 0.727. The molecule has 7 aliphatic rings. The minimum absolute atomic E-state index is 0.0460. The van der Waals surface area contributed by atoms with Gasteiger partial charge in [-0.3, -0.25) is 9.59 Å². The van der Waals surface area contributed by atoms with Crippen LogP contribution < -0.4 is 0 Å². The molecule has 46 heavy (non-hydrogen) atoms. The van der Waals surface area contributed by atoms with Gasteiger partial charge in [0.05, 0.1) is 42.5 Å². The van der Waals surface area contributed by atoms with Crippen LogP contribution in [0, 0.1) is 39.4 Å². The van der Waals surface area contributed by atoms with Gasteiger partial charge in [0.1, 0.15) is 23.9 Å². The summed E-state index contributed by atoms with van der Waals surface area (Å²) in [6.45, 7) is 11.6. The van der Waals surface area contributed by atoms with Crippen molar-refractivity contribution >= 4 is 29.7 Å². The molecule has 7 rings (SSSR count). The van der Waals surface area contributed by atoms with Crippen molar-refractivity contribution < 1.29 is 63.0 Å². The summed E-state index contributed by atoms with van der Waals surface area (Å²) >= 11 is 0. The van der Waals surface area contributed by atoms with E-state index in [1.54, 1.807) is 26.8 Å². The highest BCUT2D eigenvalue weighted by Gasteiger charge is 2.95. The fourth-order valence-corrected chi connectivity index (χ4v) is 11.5. The molecule has 0 aromatic carbocycles. The molecule has 0 aromatic heterocycles. The van der Waals surface area contributed by atoms with Crippen LogP contribution in [-0.4, -0.2) is 99.9 Å². The summed E-state index contributed by atoms with van der Waals surface area (Å²) in [6.07, 6.45) is -6.09. The molecule has 4 aliphatic carbocycles. The second-order valence-corrected chi connectivity index (χ2v) is 15.1. The van der Waals surface area contributed by atoms with E-state index in [0.717, 1.165) is 6.08 Å². The normalized spacial score (nSPS) is 53.4. The van der Waals surface area contributed by atoms with Crippen molar-refractivity contribution in [1.82, 2.24) is 0 Å². The number of esters is 4. The number of ketones is 1. The predicted molar refractivity (Wildman–Crippen MR) is 152 cm³/mol. The Balaban J connectivity index is 1.43. The number of carbonyl (C=O) groups excluding carboxylic acids is 5. The van der Waals surface area contributed by atoms with E-state index in [4.69, 9.17) is 23.7 Å². The van der Waals surface area contributed by atoms with E-state index in [1.165, 1.54) is 13.8 Å². The maximum Gasteiger partial charge on any atom is 0.342 e. The molecule has 0 amide bonds. The van der Waals surface area contributed by atoms with Crippen molar-refractivity contribution in [3.8, 4) is 0 Å². The number of allylic oxidation sites excluding steroid dienone is 1. The lowest BCUT2D eigenvalue weighted by atomic mass is 9.33. The first-order valence-corrected chi connectivity index (χ1v) is 15.7.